The molecule has 0 fully saturated rings. The van der Waals surface area contributed by atoms with E-state index < -0.39 is 0 Å². The Hall–Kier alpha value is -0.880. The summed E-state index contributed by atoms with van der Waals surface area (Å²) in [6.45, 7) is 14.1. The largest absolute Gasteiger partial charge is 0.0651 e. The minimum Gasteiger partial charge on any atom is -0.0651 e. The maximum Gasteiger partial charge on any atom is 0.0270 e. The van der Waals surface area contributed by atoms with Gasteiger partial charge in [0.25, 0.3) is 0 Å². The van der Waals surface area contributed by atoms with E-state index in [1.165, 1.54) is 93.1 Å². The number of halogens is 2. The third-order valence-electron chi connectivity index (χ3n) is 8.20. The van der Waals surface area contributed by atoms with E-state index in [2.05, 4.69) is 111 Å². The van der Waals surface area contributed by atoms with Crippen molar-refractivity contribution in [2.24, 2.45) is 0 Å². The molecule has 0 unspecified atom stereocenters. The van der Waals surface area contributed by atoms with E-state index in [0.717, 1.165) is 12.8 Å². The quantitative estimate of drug-likeness (QED) is 0.101. The van der Waals surface area contributed by atoms with Gasteiger partial charge in [-0.2, -0.15) is 0 Å². The van der Waals surface area contributed by atoms with Gasteiger partial charge in [0.05, 0.1) is 0 Å². The SMILES string of the molecule is CCCc1c(CCC)c(CCC)c2c(cc(CCC)c3c4cc(I)c(I)cc4c(CCC)cc23)c1CCC. The lowest BCUT2D eigenvalue weighted by Gasteiger charge is -2.26. The second-order valence-corrected chi connectivity index (χ2v) is 13.5. The van der Waals surface area contributed by atoms with Crippen molar-refractivity contribution in [3.8, 4) is 0 Å². The molecule has 4 aromatic rings. The van der Waals surface area contributed by atoms with Crippen LogP contribution in [0.15, 0.2) is 24.3 Å². The lowest BCUT2D eigenvalue weighted by atomic mass is 9.79. The third kappa shape index (κ3) is 5.64. The molecular weight excluding hydrogens is 686 g/mol. The van der Waals surface area contributed by atoms with Crippen LogP contribution in [0, 0.1) is 7.14 Å². The van der Waals surface area contributed by atoms with Crippen molar-refractivity contribution in [2.75, 3.05) is 0 Å². The van der Waals surface area contributed by atoms with Gasteiger partial charge in [0.2, 0.25) is 0 Å². The maximum atomic E-state index is 2.66. The summed E-state index contributed by atoms with van der Waals surface area (Å²) in [7, 11) is 0. The molecule has 0 radical (unpaired) electrons. The van der Waals surface area contributed by atoms with E-state index >= 15 is 0 Å². The number of hydrogen-bond donors (Lipinski definition) is 0. The van der Waals surface area contributed by atoms with Crippen LogP contribution < -0.4 is 0 Å². The summed E-state index contributed by atoms with van der Waals surface area (Å²) in [6, 6.07) is 10.2. The van der Waals surface area contributed by atoms with E-state index in [1.807, 2.05) is 0 Å². The summed E-state index contributed by atoms with van der Waals surface area (Å²) >= 11 is 5.08. The van der Waals surface area contributed by atoms with E-state index in [4.69, 9.17) is 0 Å². The summed E-state index contributed by atoms with van der Waals surface area (Å²) in [6.07, 6.45) is 14.3. The first-order valence-electron chi connectivity index (χ1n) is 15.3. The number of aryl methyl sites for hydroxylation is 4. The van der Waals surface area contributed by atoms with E-state index in [0.29, 0.717) is 0 Å². The standard InChI is InChI=1S/C36H46I2/c1-7-13-23-19-32-35(31-22-34(38)33(37)21-29(23)31)24(14-8-2)20-30-27(17-11-5)25(15-9-3)26(16-10-4)28(18-12-6)36(30)32/h19-22H,7-18H2,1-6H3. The Labute approximate surface area is 259 Å². The molecule has 0 bridgehead atoms. The van der Waals surface area contributed by atoms with Gasteiger partial charge in [-0.1, -0.05) is 86.1 Å². The van der Waals surface area contributed by atoms with Gasteiger partial charge in [0, 0.05) is 7.14 Å². The highest BCUT2D eigenvalue weighted by molar-refractivity contribution is 14.1. The molecule has 204 valence electrons. The van der Waals surface area contributed by atoms with Gasteiger partial charge >= 0.3 is 0 Å². The predicted octanol–water partition coefficient (Wildman–Crippen LogP) is 12.1. The normalized spacial score (nSPS) is 11.9. The second kappa shape index (κ2) is 13.7. The van der Waals surface area contributed by atoms with Crippen molar-refractivity contribution in [1.29, 1.82) is 0 Å². The van der Waals surface area contributed by atoms with Crippen LogP contribution in [-0.4, -0.2) is 0 Å². The summed E-state index contributed by atoms with van der Waals surface area (Å²) in [5.41, 5.74) is 9.83. The van der Waals surface area contributed by atoms with E-state index in [1.54, 1.807) is 44.0 Å². The first-order valence-corrected chi connectivity index (χ1v) is 17.5. The zero-order valence-electron chi connectivity index (χ0n) is 24.6. The Morgan fingerprint density at radius 1 is 0.395 bits per heavy atom. The van der Waals surface area contributed by atoms with Gasteiger partial charge in [-0.3, -0.25) is 0 Å². The molecule has 0 heterocycles. The van der Waals surface area contributed by atoms with Crippen LogP contribution in [0.3, 0.4) is 0 Å². The summed E-state index contributed by atoms with van der Waals surface area (Å²) in [5, 5.41) is 9.21. The lowest BCUT2D eigenvalue weighted by Crippen LogP contribution is -2.09. The molecule has 0 aromatic heterocycles. The molecule has 0 nitrogen and oxygen atoms in total. The van der Waals surface area contributed by atoms with Gasteiger partial charge in [-0.25, -0.2) is 0 Å². The molecule has 0 saturated heterocycles. The second-order valence-electron chi connectivity index (χ2n) is 11.1. The number of benzene rings is 4. The summed E-state index contributed by atoms with van der Waals surface area (Å²) < 4.78 is 2.75. The van der Waals surface area contributed by atoms with Crippen molar-refractivity contribution >= 4 is 77.5 Å². The van der Waals surface area contributed by atoms with Gasteiger partial charge < -0.3 is 0 Å². The highest BCUT2D eigenvalue weighted by Crippen LogP contribution is 2.44. The van der Waals surface area contributed by atoms with Gasteiger partial charge in [-0.05, 0) is 168 Å². The molecule has 38 heavy (non-hydrogen) atoms. The molecule has 4 rings (SSSR count). The zero-order valence-corrected chi connectivity index (χ0v) is 28.9. The van der Waals surface area contributed by atoms with Gasteiger partial charge in [0.15, 0.2) is 0 Å². The van der Waals surface area contributed by atoms with E-state index in [9.17, 15) is 0 Å². The Morgan fingerprint density at radius 2 is 0.842 bits per heavy atom. The monoisotopic (exact) mass is 732 g/mol. The Kier molecular flexibility index (Phi) is 10.8. The average molecular weight is 733 g/mol. The Balaban J connectivity index is 2.36. The van der Waals surface area contributed by atoms with Crippen molar-refractivity contribution in [1.82, 2.24) is 0 Å². The molecule has 0 N–H and O–H groups in total. The van der Waals surface area contributed by atoms with Crippen LogP contribution in [-0.2, 0) is 38.5 Å². The topological polar surface area (TPSA) is 0 Å². The predicted molar refractivity (Wildman–Crippen MR) is 188 cm³/mol. The highest BCUT2D eigenvalue weighted by atomic mass is 127. The van der Waals surface area contributed by atoms with Crippen molar-refractivity contribution in [3.63, 3.8) is 0 Å². The van der Waals surface area contributed by atoms with E-state index in [-0.39, 0.29) is 0 Å². The molecule has 0 amide bonds. The van der Waals surface area contributed by atoms with Crippen LogP contribution in [0.4, 0.5) is 0 Å². The highest BCUT2D eigenvalue weighted by Gasteiger charge is 2.22. The smallest absolute Gasteiger partial charge is 0.0270 e. The maximum absolute atomic E-state index is 2.66. The summed E-state index contributed by atoms with van der Waals surface area (Å²) in [4.78, 5) is 0. The molecular formula is C36H46I2. The zero-order chi connectivity index (χ0) is 27.4. The van der Waals surface area contributed by atoms with Crippen molar-refractivity contribution in [3.05, 3.63) is 64.8 Å². The van der Waals surface area contributed by atoms with Crippen LogP contribution in [0.25, 0.3) is 32.3 Å². The minimum absolute atomic E-state index is 1.14. The fourth-order valence-electron chi connectivity index (χ4n) is 6.84. The molecule has 2 heteroatoms. The van der Waals surface area contributed by atoms with Gasteiger partial charge in [0.1, 0.15) is 0 Å². The molecule has 0 aliphatic rings. The number of rotatable bonds is 12. The summed E-state index contributed by atoms with van der Waals surface area (Å²) in [5.74, 6) is 0. The van der Waals surface area contributed by atoms with Crippen LogP contribution >= 0.6 is 45.2 Å². The molecule has 4 aromatic carbocycles. The Bertz CT molecular complexity index is 1440. The van der Waals surface area contributed by atoms with Crippen molar-refractivity contribution in [2.45, 2.75) is 119 Å². The first kappa shape index (κ1) is 30.1. The molecule has 0 atom stereocenters. The lowest BCUT2D eigenvalue weighted by molar-refractivity contribution is 0.810. The third-order valence-corrected chi connectivity index (χ3v) is 11.0. The van der Waals surface area contributed by atoms with Crippen LogP contribution in [0.2, 0.25) is 0 Å². The van der Waals surface area contributed by atoms with Crippen LogP contribution in [0.5, 0.6) is 0 Å². The number of hydrogen-bond acceptors (Lipinski definition) is 0. The molecule has 0 aliphatic carbocycles. The molecule has 0 spiro atoms. The minimum atomic E-state index is 1.14. The fraction of sp³-hybridized carbons (Fsp3) is 0.500. The Morgan fingerprint density at radius 3 is 1.42 bits per heavy atom. The first-order chi connectivity index (χ1) is 18.4. The van der Waals surface area contributed by atoms with Crippen molar-refractivity contribution < 1.29 is 0 Å². The van der Waals surface area contributed by atoms with Gasteiger partial charge in [-0.15, -0.1) is 0 Å². The fourth-order valence-corrected chi connectivity index (χ4v) is 7.78. The molecule has 0 aliphatic heterocycles. The molecule has 0 saturated carbocycles. The number of fused-ring (bicyclic) bond motifs is 5. The van der Waals surface area contributed by atoms with Crippen LogP contribution in [0.1, 0.15) is 113 Å². The average Bonchev–Trinajstić information content (AvgIpc) is 2.89.